The molecule has 2 N–H and O–H groups in total. The van der Waals surface area contributed by atoms with Crippen molar-refractivity contribution in [2.75, 3.05) is 10.6 Å². The van der Waals surface area contributed by atoms with Crippen molar-refractivity contribution in [2.24, 2.45) is 0 Å². The van der Waals surface area contributed by atoms with E-state index in [9.17, 15) is 4.79 Å². The van der Waals surface area contributed by atoms with E-state index in [1.807, 2.05) is 48.5 Å². The fraction of sp³-hybridized carbons (Fsp3) is 0.105. The maximum atomic E-state index is 12.1. The van der Waals surface area contributed by atoms with Gasteiger partial charge in [0.15, 0.2) is 0 Å². The summed E-state index contributed by atoms with van der Waals surface area (Å²) in [4.78, 5) is 20.6. The van der Waals surface area contributed by atoms with Crippen molar-refractivity contribution in [3.05, 3.63) is 82.7 Å². The molecular formula is C19H17BrN4O. The lowest BCUT2D eigenvalue weighted by molar-refractivity contribution is -0.115. The summed E-state index contributed by atoms with van der Waals surface area (Å²) in [5.74, 6) is 0.433. The average molecular weight is 397 g/mol. The van der Waals surface area contributed by atoms with Gasteiger partial charge in [-0.05, 0) is 42.0 Å². The lowest BCUT2D eigenvalue weighted by Crippen LogP contribution is -2.15. The molecule has 1 aromatic carbocycles. The predicted molar refractivity (Wildman–Crippen MR) is 102 cm³/mol. The first kappa shape index (κ1) is 17.1. The molecule has 0 bridgehead atoms. The van der Waals surface area contributed by atoms with E-state index in [0.29, 0.717) is 18.8 Å². The lowest BCUT2D eigenvalue weighted by atomic mass is 10.1. The second-order valence-corrected chi connectivity index (χ2v) is 6.38. The zero-order valence-electron chi connectivity index (χ0n) is 13.4. The standard InChI is InChI=1S/C19H17BrN4O/c20-15-5-3-4-14(10-15)11-19(25)24-18-8-7-17(13-23-18)22-12-16-6-1-2-9-21-16/h1-10,13,22H,11-12H2,(H,23,24,25). The summed E-state index contributed by atoms with van der Waals surface area (Å²) in [6.45, 7) is 0.622. The van der Waals surface area contributed by atoms with Crippen molar-refractivity contribution in [2.45, 2.75) is 13.0 Å². The molecule has 6 heteroatoms. The summed E-state index contributed by atoms with van der Waals surface area (Å²) in [6.07, 6.45) is 3.76. The smallest absolute Gasteiger partial charge is 0.229 e. The normalized spacial score (nSPS) is 10.3. The molecule has 25 heavy (non-hydrogen) atoms. The molecule has 0 spiro atoms. The number of carbonyl (C=O) groups is 1. The van der Waals surface area contributed by atoms with Crippen molar-refractivity contribution in [3.8, 4) is 0 Å². The molecule has 2 heterocycles. The summed E-state index contributed by atoms with van der Waals surface area (Å²) in [5.41, 5.74) is 2.77. The molecule has 0 unspecified atom stereocenters. The maximum Gasteiger partial charge on any atom is 0.229 e. The van der Waals surface area contributed by atoms with Gasteiger partial charge in [0, 0.05) is 10.7 Å². The molecule has 3 aromatic rings. The molecule has 0 aliphatic rings. The zero-order chi connectivity index (χ0) is 17.5. The molecule has 0 aliphatic carbocycles. The molecule has 0 saturated heterocycles. The Kier molecular flexibility index (Phi) is 5.74. The Morgan fingerprint density at radius 1 is 1.04 bits per heavy atom. The van der Waals surface area contributed by atoms with Gasteiger partial charge >= 0.3 is 0 Å². The van der Waals surface area contributed by atoms with Crippen LogP contribution in [0.25, 0.3) is 0 Å². The Hall–Kier alpha value is -2.73. The number of carbonyl (C=O) groups excluding carboxylic acids is 1. The molecule has 5 nitrogen and oxygen atoms in total. The lowest BCUT2D eigenvalue weighted by Gasteiger charge is -2.08. The summed E-state index contributed by atoms with van der Waals surface area (Å²) >= 11 is 3.40. The number of nitrogens with zero attached hydrogens (tertiary/aromatic N) is 2. The monoisotopic (exact) mass is 396 g/mol. The van der Waals surface area contributed by atoms with Crippen molar-refractivity contribution < 1.29 is 4.79 Å². The highest BCUT2D eigenvalue weighted by atomic mass is 79.9. The van der Waals surface area contributed by atoms with Gasteiger partial charge in [0.2, 0.25) is 5.91 Å². The number of halogens is 1. The second-order valence-electron chi connectivity index (χ2n) is 5.46. The van der Waals surface area contributed by atoms with Crippen LogP contribution < -0.4 is 10.6 Å². The van der Waals surface area contributed by atoms with E-state index in [1.165, 1.54) is 0 Å². The van der Waals surface area contributed by atoms with Crippen LogP contribution in [0, 0.1) is 0 Å². The first-order valence-electron chi connectivity index (χ1n) is 7.83. The van der Waals surface area contributed by atoms with Gasteiger partial charge in [-0.15, -0.1) is 0 Å². The molecule has 1 amide bonds. The van der Waals surface area contributed by atoms with Crippen LogP contribution in [0.4, 0.5) is 11.5 Å². The van der Waals surface area contributed by atoms with Crippen LogP contribution >= 0.6 is 15.9 Å². The molecular weight excluding hydrogens is 380 g/mol. The van der Waals surface area contributed by atoms with Crippen LogP contribution in [0.2, 0.25) is 0 Å². The van der Waals surface area contributed by atoms with Crippen molar-refractivity contribution in [1.29, 1.82) is 0 Å². The number of benzene rings is 1. The average Bonchev–Trinajstić information content (AvgIpc) is 2.62. The van der Waals surface area contributed by atoms with Gasteiger partial charge in [0.05, 0.1) is 30.5 Å². The highest BCUT2D eigenvalue weighted by molar-refractivity contribution is 9.10. The molecule has 0 fully saturated rings. The van der Waals surface area contributed by atoms with Crippen molar-refractivity contribution in [3.63, 3.8) is 0 Å². The third-order valence-corrected chi connectivity index (χ3v) is 3.98. The van der Waals surface area contributed by atoms with Gasteiger partial charge in [0.1, 0.15) is 5.82 Å². The van der Waals surface area contributed by atoms with Crippen molar-refractivity contribution >= 4 is 33.3 Å². The molecule has 0 saturated carbocycles. The topological polar surface area (TPSA) is 66.9 Å². The fourth-order valence-electron chi connectivity index (χ4n) is 2.29. The first-order valence-corrected chi connectivity index (χ1v) is 8.62. The number of hydrogen-bond donors (Lipinski definition) is 2. The van der Waals surface area contributed by atoms with Gasteiger partial charge in [-0.25, -0.2) is 4.98 Å². The molecule has 2 aromatic heterocycles. The highest BCUT2D eigenvalue weighted by Gasteiger charge is 2.05. The SMILES string of the molecule is O=C(Cc1cccc(Br)c1)Nc1ccc(NCc2ccccn2)cn1. The molecule has 3 rings (SSSR count). The van der Waals surface area contributed by atoms with E-state index < -0.39 is 0 Å². The largest absolute Gasteiger partial charge is 0.378 e. The quantitative estimate of drug-likeness (QED) is 0.659. The van der Waals surface area contributed by atoms with Crippen LogP contribution in [-0.2, 0) is 17.8 Å². The zero-order valence-corrected chi connectivity index (χ0v) is 15.0. The molecule has 0 atom stereocenters. The van der Waals surface area contributed by atoms with Gasteiger partial charge in [-0.2, -0.15) is 0 Å². The Morgan fingerprint density at radius 3 is 2.68 bits per heavy atom. The van der Waals surface area contributed by atoms with Crippen LogP contribution in [0.5, 0.6) is 0 Å². The van der Waals surface area contributed by atoms with Gasteiger partial charge in [0.25, 0.3) is 0 Å². The van der Waals surface area contributed by atoms with Crippen LogP contribution in [0.15, 0.2) is 71.5 Å². The molecule has 126 valence electrons. The Balaban J connectivity index is 1.52. The number of hydrogen-bond acceptors (Lipinski definition) is 4. The van der Waals surface area contributed by atoms with E-state index >= 15 is 0 Å². The number of amides is 1. The number of anilines is 2. The number of nitrogens with one attached hydrogen (secondary N) is 2. The van der Waals surface area contributed by atoms with E-state index in [4.69, 9.17) is 0 Å². The van der Waals surface area contributed by atoms with Crippen LogP contribution in [0.3, 0.4) is 0 Å². The van der Waals surface area contributed by atoms with Gasteiger partial charge in [-0.1, -0.05) is 34.1 Å². The Labute approximate surface area is 154 Å². The Bertz CT molecular complexity index is 838. The highest BCUT2D eigenvalue weighted by Crippen LogP contribution is 2.14. The number of aromatic nitrogens is 2. The number of rotatable bonds is 6. The Morgan fingerprint density at radius 2 is 1.96 bits per heavy atom. The van der Waals surface area contributed by atoms with E-state index in [2.05, 4.69) is 36.5 Å². The van der Waals surface area contributed by atoms with Gasteiger partial charge in [-0.3, -0.25) is 9.78 Å². The third-order valence-electron chi connectivity index (χ3n) is 3.48. The second kappa shape index (κ2) is 8.39. The van der Waals surface area contributed by atoms with Crippen LogP contribution in [-0.4, -0.2) is 15.9 Å². The fourth-order valence-corrected chi connectivity index (χ4v) is 2.73. The summed E-state index contributed by atoms with van der Waals surface area (Å²) < 4.78 is 0.958. The molecule has 0 aliphatic heterocycles. The number of pyridine rings is 2. The summed E-state index contributed by atoms with van der Waals surface area (Å²) in [6, 6.07) is 17.1. The summed E-state index contributed by atoms with van der Waals surface area (Å²) in [5, 5.41) is 6.05. The molecule has 0 radical (unpaired) electrons. The van der Waals surface area contributed by atoms with E-state index in [1.54, 1.807) is 18.5 Å². The minimum atomic E-state index is -0.0974. The first-order chi connectivity index (χ1) is 12.2. The van der Waals surface area contributed by atoms with Crippen LogP contribution in [0.1, 0.15) is 11.3 Å². The summed E-state index contributed by atoms with van der Waals surface area (Å²) in [7, 11) is 0. The van der Waals surface area contributed by atoms with E-state index in [0.717, 1.165) is 21.4 Å². The maximum absolute atomic E-state index is 12.1. The minimum Gasteiger partial charge on any atom is -0.378 e. The minimum absolute atomic E-state index is 0.0974. The van der Waals surface area contributed by atoms with Gasteiger partial charge < -0.3 is 10.6 Å². The third kappa shape index (κ3) is 5.39. The van der Waals surface area contributed by atoms with E-state index in [-0.39, 0.29) is 5.91 Å². The predicted octanol–water partition coefficient (Wildman–Crippen LogP) is 4.03. The van der Waals surface area contributed by atoms with Crippen molar-refractivity contribution in [1.82, 2.24) is 9.97 Å².